The summed E-state index contributed by atoms with van der Waals surface area (Å²) in [4.78, 5) is 15.6. The summed E-state index contributed by atoms with van der Waals surface area (Å²) in [6.07, 6.45) is 1.45. The maximum Gasteiger partial charge on any atom is 0.175 e. The number of ketones is 1. The maximum absolute atomic E-state index is 14.5. The quantitative estimate of drug-likeness (QED) is 0.671. The second-order valence-electron chi connectivity index (χ2n) is 9.14. The van der Waals surface area contributed by atoms with Crippen molar-refractivity contribution in [1.82, 2.24) is 5.32 Å². The van der Waals surface area contributed by atoms with E-state index in [2.05, 4.69) is 5.32 Å². The molecule has 0 saturated carbocycles. The minimum atomic E-state index is -0.698. The second kappa shape index (κ2) is 6.73. The number of fused-ring (bicyclic) bond motifs is 2. The standard InChI is InChI=1S/C23H28FN3O2/c1-22(2,3)21(29)20-23(10-12-26-13-11-23)14-8-9-15(24)19(28)18(14)27(20)17-7-5-4-6-16(17)25/h4-9,20,26,28H,10-13,25H2,1-3H3. The molecule has 4 N–H and O–H groups in total. The van der Waals surface area contributed by atoms with Crippen LogP contribution in [0.15, 0.2) is 36.4 Å². The van der Waals surface area contributed by atoms with Crippen molar-refractivity contribution < 1.29 is 14.3 Å². The van der Waals surface area contributed by atoms with Crippen LogP contribution in [0.1, 0.15) is 39.2 Å². The molecule has 5 nitrogen and oxygen atoms in total. The summed E-state index contributed by atoms with van der Waals surface area (Å²) >= 11 is 0. The largest absolute Gasteiger partial charge is 0.503 e. The second-order valence-corrected chi connectivity index (χ2v) is 9.14. The molecular formula is C23H28FN3O2. The number of nitrogen functional groups attached to an aromatic ring is 1. The number of Topliss-reactive ketones (excluding diaryl/α,β-unsaturated/α-hetero) is 1. The van der Waals surface area contributed by atoms with E-state index in [1.807, 2.05) is 39.0 Å². The Bertz CT molecular complexity index is 961. The number of benzene rings is 2. The van der Waals surface area contributed by atoms with Crippen LogP contribution in [-0.2, 0) is 10.2 Å². The van der Waals surface area contributed by atoms with Gasteiger partial charge in [0.25, 0.3) is 0 Å². The van der Waals surface area contributed by atoms with Crippen molar-refractivity contribution in [2.45, 2.75) is 45.1 Å². The molecule has 1 spiro atoms. The van der Waals surface area contributed by atoms with Gasteiger partial charge in [-0.1, -0.05) is 39.0 Å². The minimum absolute atomic E-state index is 0.0543. The van der Waals surface area contributed by atoms with Crippen LogP contribution in [0.3, 0.4) is 0 Å². The minimum Gasteiger partial charge on any atom is -0.503 e. The lowest BCUT2D eigenvalue weighted by atomic mass is 9.65. The molecule has 6 heteroatoms. The van der Waals surface area contributed by atoms with E-state index in [1.165, 1.54) is 6.07 Å². The highest BCUT2D eigenvalue weighted by molar-refractivity contribution is 6.00. The van der Waals surface area contributed by atoms with E-state index in [0.717, 1.165) is 31.5 Å². The third-order valence-corrected chi connectivity index (χ3v) is 6.34. The average Bonchev–Trinajstić information content (AvgIpc) is 2.94. The fourth-order valence-electron chi connectivity index (χ4n) is 4.88. The molecule has 2 aliphatic heterocycles. The number of piperidine rings is 1. The van der Waals surface area contributed by atoms with Crippen LogP contribution >= 0.6 is 0 Å². The van der Waals surface area contributed by atoms with Crippen molar-refractivity contribution in [2.24, 2.45) is 5.41 Å². The first-order valence-electron chi connectivity index (χ1n) is 10.1. The van der Waals surface area contributed by atoms with Crippen molar-refractivity contribution in [3.05, 3.63) is 47.8 Å². The smallest absolute Gasteiger partial charge is 0.175 e. The number of aromatic hydroxyl groups is 1. The van der Waals surface area contributed by atoms with Gasteiger partial charge in [-0.3, -0.25) is 4.79 Å². The van der Waals surface area contributed by atoms with E-state index >= 15 is 0 Å². The van der Waals surface area contributed by atoms with Crippen LogP contribution in [0, 0.1) is 11.2 Å². The van der Waals surface area contributed by atoms with Gasteiger partial charge >= 0.3 is 0 Å². The first-order chi connectivity index (χ1) is 13.7. The SMILES string of the molecule is CC(C)(C)C(=O)C1N(c2ccccc2N)c2c(ccc(F)c2O)C12CCNCC2. The van der Waals surface area contributed by atoms with Gasteiger partial charge in [0.05, 0.1) is 17.1 Å². The topological polar surface area (TPSA) is 78.6 Å². The zero-order chi connectivity index (χ0) is 21.0. The first kappa shape index (κ1) is 19.7. The van der Waals surface area contributed by atoms with Gasteiger partial charge in [-0.25, -0.2) is 4.39 Å². The normalized spacial score (nSPS) is 20.7. The van der Waals surface area contributed by atoms with E-state index < -0.39 is 28.4 Å². The number of para-hydroxylation sites is 2. The molecule has 2 aromatic carbocycles. The number of nitrogens with one attached hydrogen (secondary N) is 1. The number of phenolic OH excluding ortho intramolecular Hbond substituents is 1. The maximum atomic E-state index is 14.5. The van der Waals surface area contributed by atoms with Gasteiger partial charge in [0.1, 0.15) is 6.04 Å². The highest BCUT2D eigenvalue weighted by Gasteiger charge is 2.57. The van der Waals surface area contributed by atoms with E-state index in [4.69, 9.17) is 5.73 Å². The molecule has 0 bridgehead atoms. The van der Waals surface area contributed by atoms with Gasteiger partial charge in [-0.15, -0.1) is 0 Å². The van der Waals surface area contributed by atoms with Crippen molar-refractivity contribution in [1.29, 1.82) is 0 Å². The Labute approximate surface area is 170 Å². The first-order valence-corrected chi connectivity index (χ1v) is 10.1. The molecule has 0 aliphatic carbocycles. The fraction of sp³-hybridized carbons (Fsp3) is 0.435. The number of nitrogens with two attached hydrogens (primary N) is 1. The van der Waals surface area contributed by atoms with E-state index in [0.29, 0.717) is 17.1 Å². The number of hydrogen-bond acceptors (Lipinski definition) is 5. The lowest BCUT2D eigenvalue weighted by Crippen LogP contribution is -2.55. The van der Waals surface area contributed by atoms with Gasteiger partial charge < -0.3 is 21.1 Å². The molecular weight excluding hydrogens is 369 g/mol. The summed E-state index contributed by atoms with van der Waals surface area (Å²) in [5, 5.41) is 14.1. The number of nitrogens with zero attached hydrogens (tertiary/aromatic N) is 1. The Kier molecular flexibility index (Phi) is 4.57. The molecule has 0 aromatic heterocycles. The van der Waals surface area contributed by atoms with Crippen LogP contribution < -0.4 is 16.0 Å². The lowest BCUT2D eigenvalue weighted by molar-refractivity contribution is -0.129. The molecule has 0 amide bonds. The van der Waals surface area contributed by atoms with Crippen molar-refractivity contribution in [2.75, 3.05) is 23.7 Å². The number of anilines is 3. The van der Waals surface area contributed by atoms with Gasteiger partial charge in [-0.05, 0) is 49.7 Å². The third kappa shape index (κ3) is 2.89. The summed E-state index contributed by atoms with van der Waals surface area (Å²) in [5.41, 5.74) is 7.46. The fourth-order valence-corrected chi connectivity index (χ4v) is 4.88. The van der Waals surface area contributed by atoms with Crippen LogP contribution in [0.2, 0.25) is 0 Å². The molecule has 2 aromatic rings. The number of rotatable bonds is 2. The Morgan fingerprint density at radius 1 is 1.21 bits per heavy atom. The molecule has 1 unspecified atom stereocenters. The number of hydrogen-bond donors (Lipinski definition) is 3. The predicted molar refractivity (Wildman–Crippen MR) is 113 cm³/mol. The van der Waals surface area contributed by atoms with E-state index in [1.54, 1.807) is 17.0 Å². The van der Waals surface area contributed by atoms with Crippen molar-refractivity contribution in [3.63, 3.8) is 0 Å². The monoisotopic (exact) mass is 397 g/mol. The van der Waals surface area contributed by atoms with Crippen molar-refractivity contribution >= 4 is 22.8 Å². The molecule has 29 heavy (non-hydrogen) atoms. The Morgan fingerprint density at radius 2 is 1.86 bits per heavy atom. The molecule has 2 heterocycles. The Balaban J connectivity index is 2.05. The summed E-state index contributed by atoms with van der Waals surface area (Å²) in [5.74, 6) is -1.07. The van der Waals surface area contributed by atoms with Crippen LogP contribution in [0.4, 0.5) is 21.5 Å². The van der Waals surface area contributed by atoms with E-state index in [9.17, 15) is 14.3 Å². The molecule has 154 valence electrons. The van der Waals surface area contributed by atoms with Gasteiger partial charge in [0.2, 0.25) is 0 Å². The van der Waals surface area contributed by atoms with Gasteiger partial charge in [-0.2, -0.15) is 0 Å². The number of phenols is 1. The molecule has 2 aliphatic rings. The molecule has 1 atom stereocenters. The summed E-state index contributed by atoms with van der Waals surface area (Å²) in [6.45, 7) is 7.22. The van der Waals surface area contributed by atoms with E-state index in [-0.39, 0.29) is 5.78 Å². The zero-order valence-corrected chi connectivity index (χ0v) is 17.1. The molecule has 1 saturated heterocycles. The molecule has 1 fully saturated rings. The molecule has 4 rings (SSSR count). The third-order valence-electron chi connectivity index (χ3n) is 6.34. The lowest BCUT2D eigenvalue weighted by Gasteiger charge is -2.43. The Hall–Kier alpha value is -2.60. The highest BCUT2D eigenvalue weighted by atomic mass is 19.1. The number of carbonyl (C=O) groups is 1. The van der Waals surface area contributed by atoms with Gasteiger partial charge in [0, 0.05) is 10.8 Å². The summed E-state index contributed by atoms with van der Waals surface area (Å²) in [7, 11) is 0. The van der Waals surface area contributed by atoms with Crippen LogP contribution in [0.25, 0.3) is 0 Å². The summed E-state index contributed by atoms with van der Waals surface area (Å²) < 4.78 is 14.5. The number of carbonyl (C=O) groups excluding carboxylic acids is 1. The van der Waals surface area contributed by atoms with Gasteiger partial charge in [0.15, 0.2) is 17.3 Å². The van der Waals surface area contributed by atoms with Crippen LogP contribution in [0.5, 0.6) is 5.75 Å². The predicted octanol–water partition coefficient (Wildman–Crippen LogP) is 3.87. The Morgan fingerprint density at radius 3 is 2.48 bits per heavy atom. The number of halogens is 1. The molecule has 0 radical (unpaired) electrons. The van der Waals surface area contributed by atoms with Crippen LogP contribution in [-0.4, -0.2) is 30.0 Å². The highest BCUT2D eigenvalue weighted by Crippen LogP contribution is 2.58. The summed E-state index contributed by atoms with van der Waals surface area (Å²) in [6, 6.07) is 9.71. The average molecular weight is 397 g/mol. The van der Waals surface area contributed by atoms with Crippen molar-refractivity contribution in [3.8, 4) is 5.75 Å². The zero-order valence-electron chi connectivity index (χ0n) is 17.1.